The maximum atomic E-state index is 9.81. The Kier molecular flexibility index (Phi) is 51.9. The molecule has 0 nitrogen and oxygen atoms in total. The molecule has 0 rings (SSSR count). The third-order valence-electron chi connectivity index (χ3n) is 0. The minimum Gasteiger partial charge on any atom is -0.0149 e. The smallest absolute Gasteiger partial charge is 0.0149 e. The third kappa shape index (κ3) is 23.2. The minimum absolute atomic E-state index is 0. The second-order valence-electron chi connectivity index (χ2n) is 0.101. The summed E-state index contributed by atoms with van der Waals surface area (Å²) in [5, 5.41) is 0. The van der Waals surface area contributed by atoms with E-state index in [0.29, 0.717) is 0 Å². The average molecular weight is 137 g/mol. The molecular weight excluding hydrogens is 130 g/mol. The molecule has 5 heteroatoms. The van der Waals surface area contributed by atoms with E-state index in [1.165, 1.54) is 0 Å². The van der Waals surface area contributed by atoms with E-state index in [-0.39, 0.29) is 34.0 Å². The van der Waals surface area contributed by atoms with Crippen LogP contribution in [-0.4, -0.2) is 69.4 Å². The molecule has 0 aromatic rings. The van der Waals surface area contributed by atoms with Crippen molar-refractivity contribution in [3.63, 3.8) is 0 Å². The van der Waals surface area contributed by atoms with Gasteiger partial charge in [0.05, 0.1) is 0 Å². The van der Waals surface area contributed by atoms with Crippen LogP contribution in [0, 0.1) is 0 Å². The fourth-order valence-corrected chi connectivity index (χ4v) is 0. The van der Waals surface area contributed by atoms with Crippen molar-refractivity contribution in [2.45, 2.75) is 0 Å². The van der Waals surface area contributed by atoms with Crippen molar-refractivity contribution in [2.75, 3.05) is 0 Å². The molecule has 0 aromatic heterocycles. The number of halogens is 2. The Labute approximate surface area is 71.0 Å². The molecule has 0 spiro atoms. The molecule has 0 bridgehead atoms. The Morgan fingerprint density at radius 1 is 1.20 bits per heavy atom. The summed E-state index contributed by atoms with van der Waals surface area (Å²) in [5.74, 6) is 0. The quantitative estimate of drug-likeness (QED) is 0.341. The first-order valence-corrected chi connectivity index (χ1v) is 2.20. The van der Waals surface area contributed by atoms with Crippen LogP contribution < -0.4 is 0 Å². The van der Waals surface area contributed by atoms with Crippen molar-refractivity contribution in [1.29, 1.82) is 0 Å². The van der Waals surface area contributed by atoms with Crippen LogP contribution in [0.4, 0.5) is 2.73 Å². The van der Waals surface area contributed by atoms with E-state index in [1.807, 2.05) is 0 Å². The molecule has 0 N–H and O–H groups in total. The average Bonchev–Trinajstić information content (AvgIpc) is 0.918. The van der Waals surface area contributed by atoms with E-state index in [2.05, 4.69) is 0 Å². The van der Waals surface area contributed by atoms with Crippen LogP contribution in [0.3, 0.4) is 0 Å². The second-order valence-corrected chi connectivity index (χ2v) is 0.416. The summed E-state index contributed by atoms with van der Waals surface area (Å²) < 4.78 is 19.6. The van der Waals surface area contributed by atoms with Crippen LogP contribution in [0.15, 0.2) is 0 Å². The fourth-order valence-electron chi connectivity index (χ4n) is 0. The fraction of sp³-hybridized carbons (Fsp3) is 0. The van der Waals surface area contributed by atoms with E-state index in [9.17, 15) is 2.73 Å². The van der Waals surface area contributed by atoms with E-state index in [1.54, 1.807) is 0 Å². The Bertz CT molecular complexity index is 9.61. The summed E-state index contributed by atoms with van der Waals surface area (Å²) in [6.45, 7) is 0. The van der Waals surface area contributed by atoms with Gasteiger partial charge in [-0.05, 0) is 11.0 Å². The van der Waals surface area contributed by atoms with Crippen molar-refractivity contribution in [2.24, 2.45) is 0 Å². The van der Waals surface area contributed by atoms with Crippen LogP contribution in [0.2, 0.25) is 0 Å². The summed E-state index contributed by atoms with van der Waals surface area (Å²) in [6.07, 6.45) is 0. The maximum absolute atomic E-state index is 9.81. The number of rotatable bonds is 0. The molecule has 5 heavy (non-hydrogen) atoms. The molecule has 0 radical (unpaired) electrons. The molecule has 0 aliphatic heterocycles. The van der Waals surface area contributed by atoms with Crippen LogP contribution in [-0.2, 0) is 0 Å². The van der Waals surface area contributed by atoms with E-state index in [0.717, 1.165) is 0 Å². The van der Waals surface area contributed by atoms with Crippen molar-refractivity contribution in [1.82, 2.24) is 0 Å². The van der Waals surface area contributed by atoms with E-state index >= 15 is 0 Å². The van der Waals surface area contributed by atoms with Gasteiger partial charge in [0.2, 0.25) is 0 Å². The Morgan fingerprint density at radius 2 is 1.20 bits per heavy atom. The molecule has 0 unspecified atom stereocenters. The van der Waals surface area contributed by atoms with Gasteiger partial charge in [0, 0.05) is 0 Å². The third-order valence-corrected chi connectivity index (χ3v) is 0. The van der Waals surface area contributed by atoms with Crippen LogP contribution in [0.1, 0.15) is 0 Å². The molecule has 28 valence electrons. The van der Waals surface area contributed by atoms with Gasteiger partial charge in [-0.15, -0.1) is 0 Å². The molecule has 0 aromatic carbocycles. The van der Waals surface area contributed by atoms with Gasteiger partial charge in [0.25, 0.3) is 0 Å². The zero-order valence-electron chi connectivity index (χ0n) is 1.46. The Morgan fingerprint density at radius 3 is 1.20 bits per heavy atom. The molecule has 0 fully saturated rings. The van der Waals surface area contributed by atoms with Gasteiger partial charge in [-0.2, -0.15) is 0 Å². The topological polar surface area (TPSA) is 0 Å². The molecule has 0 saturated carbocycles. The molecular formula is H6CaF2MgSi. The van der Waals surface area contributed by atoms with Crippen LogP contribution >= 0.6 is 0 Å². The van der Waals surface area contributed by atoms with Crippen molar-refractivity contribution in [3.8, 4) is 0 Å². The number of hydrogen-bond acceptors (Lipinski definition) is 0. The zero-order valence-corrected chi connectivity index (χ0v) is 3.67. The van der Waals surface area contributed by atoms with Crippen molar-refractivity contribution < 1.29 is 2.73 Å². The summed E-state index contributed by atoms with van der Waals surface area (Å²) in [4.78, 5) is 0. The largest absolute Gasteiger partial charge is 0.316 e. The Balaban J connectivity index is -0.0000000200. The van der Waals surface area contributed by atoms with E-state index < -0.39 is 35.4 Å². The second kappa shape index (κ2) is 16.5. The van der Waals surface area contributed by atoms with Crippen molar-refractivity contribution in [3.05, 3.63) is 0 Å². The minimum atomic E-state index is -2.88. The van der Waals surface area contributed by atoms with Crippen molar-refractivity contribution >= 4 is 69.4 Å². The summed E-state index contributed by atoms with van der Waals surface area (Å²) >= 11 is -2.88. The van der Waals surface area contributed by atoms with E-state index in [4.69, 9.17) is 0 Å². The molecule has 0 heterocycles. The first-order chi connectivity index (χ1) is 1.41. The van der Waals surface area contributed by atoms with Gasteiger partial charge in [-0.1, -0.05) is 0 Å². The summed E-state index contributed by atoms with van der Waals surface area (Å²) in [6, 6.07) is 0. The SMILES string of the molecule is [F][Ca][F].[MgH2].[SiH4]. The summed E-state index contributed by atoms with van der Waals surface area (Å²) in [7, 11) is 0. The molecule has 0 saturated heterocycles. The maximum Gasteiger partial charge on any atom is 0.316 e. The van der Waals surface area contributed by atoms with Gasteiger partial charge in [0.1, 0.15) is 0 Å². The molecule has 0 aliphatic rings. The van der Waals surface area contributed by atoms with Gasteiger partial charge >= 0.3 is 61.2 Å². The number of hydrogen-bond donors (Lipinski definition) is 0. The van der Waals surface area contributed by atoms with Gasteiger partial charge in [-0.3, -0.25) is 0 Å². The Hall–Kier alpha value is 2.10. The van der Waals surface area contributed by atoms with Crippen LogP contribution in [0.5, 0.6) is 0 Å². The molecule has 0 aliphatic carbocycles. The van der Waals surface area contributed by atoms with Gasteiger partial charge in [-0.25, -0.2) is 0 Å². The molecule has 0 amide bonds. The molecule has 0 atom stereocenters. The summed E-state index contributed by atoms with van der Waals surface area (Å²) in [5.41, 5.74) is 0. The van der Waals surface area contributed by atoms with Gasteiger partial charge < -0.3 is 0 Å². The standard InChI is InChI=1S/Ca.2FH.Mg.H4Si.2H/h;2*1H;;1H4;;/q+2;;;;;;/p-2. The normalized spacial score (nSPS) is 2.00. The zero-order chi connectivity index (χ0) is 2.71. The predicted molar refractivity (Wildman–Crippen MR) is 27.8 cm³/mol. The van der Waals surface area contributed by atoms with Crippen LogP contribution in [0.25, 0.3) is 0 Å². The first kappa shape index (κ1) is 15.7. The van der Waals surface area contributed by atoms with Gasteiger partial charge in [0.15, 0.2) is 0 Å². The first-order valence-electron chi connectivity index (χ1n) is 0.535. The monoisotopic (exact) mass is 136 g/mol. The predicted octanol–water partition coefficient (Wildman–Crippen LogP) is -1.91.